The van der Waals surface area contributed by atoms with Crippen molar-refractivity contribution < 1.29 is 13.5 Å². The molecule has 3 heteroatoms. The fraction of sp³-hybridized carbons (Fsp3) is 0.200. The van der Waals surface area contributed by atoms with Gasteiger partial charge in [0.1, 0.15) is 0 Å². The van der Waals surface area contributed by atoms with Gasteiger partial charge in [0.25, 0.3) is 6.01 Å². The topological polar surface area (TPSA) is 9.23 Å². The van der Waals surface area contributed by atoms with E-state index in [-0.39, 0.29) is 0 Å². The van der Waals surface area contributed by atoms with Crippen LogP contribution in [0.4, 0.5) is 8.78 Å². The van der Waals surface area contributed by atoms with Gasteiger partial charge in [-0.25, -0.2) is 0 Å². The molecule has 0 aromatic rings. The summed E-state index contributed by atoms with van der Waals surface area (Å²) in [6.07, 6.45) is 0.975. The second kappa shape index (κ2) is 9.46. The lowest BCUT2D eigenvalue weighted by Gasteiger charge is -1.85. The van der Waals surface area contributed by atoms with Crippen LogP contribution in [-0.4, -0.2) is 7.18 Å². The Bertz CT molecular complexity index is 70.8. The van der Waals surface area contributed by atoms with E-state index in [4.69, 9.17) is 0 Å². The highest BCUT2D eigenvalue weighted by molar-refractivity contribution is 4.68. The molecular formula is C5H8F2O. The lowest BCUT2D eigenvalue weighted by Crippen LogP contribution is -1.66. The summed E-state index contributed by atoms with van der Waals surface area (Å²) in [6, 6.07) is -0.829. The molecule has 48 valence electrons. The monoisotopic (exact) mass is 122 g/mol. The van der Waals surface area contributed by atoms with Crippen LogP contribution in [0.2, 0.25) is 0 Å². The molecule has 0 aliphatic rings. The minimum Gasteiger partial charge on any atom is -0.441 e. The van der Waals surface area contributed by atoms with Crippen LogP contribution in [0.3, 0.4) is 0 Å². The molecule has 0 fully saturated rings. The third kappa shape index (κ3) is 19.2. The molecule has 0 aliphatic heterocycles. The zero-order valence-corrected chi connectivity index (χ0v) is 4.66. The molecule has 0 bridgehead atoms. The molecule has 0 saturated heterocycles. The molecule has 0 atom stereocenters. The Hall–Kier alpha value is -0.860. The molecule has 0 saturated carbocycles. The molecule has 0 rings (SSSR count). The zero-order chi connectivity index (χ0) is 6.99. The zero-order valence-electron chi connectivity index (χ0n) is 4.66. The highest BCUT2D eigenvalue weighted by Gasteiger charge is 1.75. The van der Waals surface area contributed by atoms with E-state index in [1.54, 1.807) is 0 Å². The predicted molar refractivity (Wildman–Crippen MR) is 28.6 cm³/mol. The molecular weight excluding hydrogens is 114 g/mol. The van der Waals surface area contributed by atoms with E-state index in [0.29, 0.717) is 7.18 Å². The normalized spacial score (nSPS) is 5.88. The second-order valence-electron chi connectivity index (χ2n) is 0.640. The molecule has 0 aromatic carbocycles. The van der Waals surface area contributed by atoms with Gasteiger partial charge in [-0.05, 0) is 6.58 Å². The summed E-state index contributed by atoms with van der Waals surface area (Å²) in [6.45, 7) is 5.86. The lowest BCUT2D eigenvalue weighted by atomic mass is 11.0. The van der Waals surface area contributed by atoms with E-state index in [1.807, 2.05) is 0 Å². The van der Waals surface area contributed by atoms with Gasteiger partial charge < -0.3 is 4.74 Å². The van der Waals surface area contributed by atoms with E-state index in [1.165, 1.54) is 0 Å². The number of hydrogen-bond donors (Lipinski definition) is 0. The Morgan fingerprint density at radius 1 is 1.62 bits per heavy atom. The first kappa shape index (κ1) is 10.2. The van der Waals surface area contributed by atoms with Gasteiger partial charge in [0.15, 0.2) is 0 Å². The van der Waals surface area contributed by atoms with Gasteiger partial charge >= 0.3 is 0 Å². The number of halogens is 2. The van der Waals surface area contributed by atoms with E-state index in [9.17, 15) is 8.78 Å². The van der Waals surface area contributed by atoms with Gasteiger partial charge in [-0.2, -0.15) is 4.39 Å². The summed E-state index contributed by atoms with van der Waals surface area (Å²) in [5.74, 6) is 0. The fourth-order valence-electron chi connectivity index (χ4n) is 0.0904. The Balaban J connectivity index is 0. The second-order valence-corrected chi connectivity index (χ2v) is 0.640. The van der Waals surface area contributed by atoms with Crippen LogP contribution in [0.1, 0.15) is 0 Å². The van der Waals surface area contributed by atoms with Gasteiger partial charge in [0, 0.05) is 0 Å². The van der Waals surface area contributed by atoms with Crippen LogP contribution in [-0.2, 0) is 4.74 Å². The summed E-state index contributed by atoms with van der Waals surface area (Å²) >= 11 is 0. The summed E-state index contributed by atoms with van der Waals surface area (Å²) in [5.41, 5.74) is 0. The molecule has 0 aliphatic carbocycles. The van der Waals surface area contributed by atoms with Crippen molar-refractivity contribution in [3.05, 3.63) is 25.4 Å². The number of hydrogen-bond acceptors (Lipinski definition) is 1. The first-order valence-corrected chi connectivity index (χ1v) is 1.77. The number of alkyl halides is 1. The summed E-state index contributed by atoms with van der Waals surface area (Å²) < 4.78 is 24.7. The highest BCUT2D eigenvalue weighted by Crippen LogP contribution is 1.90. The van der Waals surface area contributed by atoms with Crippen LogP contribution in [0.15, 0.2) is 25.4 Å². The molecule has 0 amide bonds. The van der Waals surface area contributed by atoms with Crippen LogP contribution in [0, 0.1) is 0 Å². The maximum absolute atomic E-state index is 11.2. The van der Waals surface area contributed by atoms with Crippen molar-refractivity contribution >= 4 is 0 Å². The van der Waals surface area contributed by atoms with Crippen molar-refractivity contribution in [2.45, 2.75) is 0 Å². The molecule has 8 heavy (non-hydrogen) atoms. The number of rotatable bonds is 2. The van der Waals surface area contributed by atoms with Crippen molar-refractivity contribution in [1.82, 2.24) is 0 Å². The molecule has 0 aromatic heterocycles. The first-order chi connectivity index (χ1) is 3.77. The third-order valence-electron chi connectivity index (χ3n) is 0.211. The average molecular weight is 122 g/mol. The molecule has 1 nitrogen and oxygen atoms in total. The van der Waals surface area contributed by atoms with Crippen molar-refractivity contribution in [3.8, 4) is 0 Å². The van der Waals surface area contributed by atoms with Crippen molar-refractivity contribution in [2.24, 2.45) is 0 Å². The van der Waals surface area contributed by atoms with Crippen molar-refractivity contribution in [1.29, 1.82) is 0 Å². The predicted octanol–water partition coefficient (Wildman–Crippen LogP) is 2.17. The van der Waals surface area contributed by atoms with Gasteiger partial charge in [-0.1, -0.05) is 6.58 Å². The van der Waals surface area contributed by atoms with Gasteiger partial charge in [-0.3, -0.25) is 4.39 Å². The van der Waals surface area contributed by atoms with Gasteiger partial charge in [-0.15, -0.1) is 0 Å². The standard InChI is InChI=1S/C4H5FO.CH3F/c1-3-6-4(2)5;1-2/h3H,1-2H2;1H3. The molecule has 0 heterocycles. The van der Waals surface area contributed by atoms with Crippen LogP contribution in [0.5, 0.6) is 0 Å². The minimum absolute atomic E-state index is 0.500. The van der Waals surface area contributed by atoms with Crippen LogP contribution >= 0.6 is 0 Å². The fourth-order valence-corrected chi connectivity index (χ4v) is 0.0904. The van der Waals surface area contributed by atoms with E-state index < -0.39 is 6.01 Å². The Morgan fingerprint density at radius 2 is 2.00 bits per heavy atom. The Labute approximate surface area is 47.3 Å². The maximum Gasteiger partial charge on any atom is 0.270 e. The average Bonchev–Trinajstić information content (AvgIpc) is 1.72. The van der Waals surface area contributed by atoms with Crippen molar-refractivity contribution in [3.63, 3.8) is 0 Å². The van der Waals surface area contributed by atoms with E-state index in [0.717, 1.165) is 6.26 Å². The lowest BCUT2D eigenvalue weighted by molar-refractivity contribution is 0.250. The Morgan fingerprint density at radius 3 is 2.00 bits per heavy atom. The molecule has 0 unspecified atom stereocenters. The largest absolute Gasteiger partial charge is 0.441 e. The van der Waals surface area contributed by atoms with Gasteiger partial charge in [0.2, 0.25) is 0 Å². The summed E-state index contributed by atoms with van der Waals surface area (Å²) in [5, 5.41) is 0. The van der Waals surface area contributed by atoms with Crippen molar-refractivity contribution in [2.75, 3.05) is 7.18 Å². The maximum atomic E-state index is 11.2. The summed E-state index contributed by atoms with van der Waals surface area (Å²) in [7, 11) is 0.500. The highest BCUT2D eigenvalue weighted by atomic mass is 19.1. The van der Waals surface area contributed by atoms with E-state index >= 15 is 0 Å². The number of ether oxygens (including phenoxy) is 1. The quantitative estimate of drug-likeness (QED) is 0.510. The summed E-state index contributed by atoms with van der Waals surface area (Å²) in [4.78, 5) is 0. The molecule has 0 N–H and O–H groups in total. The molecule has 0 spiro atoms. The minimum atomic E-state index is -0.829. The Kier molecular flexibility index (Phi) is 12.1. The van der Waals surface area contributed by atoms with E-state index in [2.05, 4.69) is 17.9 Å². The SMILES string of the molecule is C=COC(=C)F.CF. The third-order valence-corrected chi connectivity index (χ3v) is 0.211. The van der Waals surface area contributed by atoms with Crippen LogP contribution < -0.4 is 0 Å². The van der Waals surface area contributed by atoms with Gasteiger partial charge in [0.05, 0.1) is 13.4 Å². The van der Waals surface area contributed by atoms with Crippen LogP contribution in [0.25, 0.3) is 0 Å². The first-order valence-electron chi connectivity index (χ1n) is 1.77. The smallest absolute Gasteiger partial charge is 0.270 e. The molecule has 0 radical (unpaired) electrons.